The SMILES string of the molecule is O=C(CCC(=O)N1C[C@H]2CCCN2c2ccccc21)NCCN1CCCCCC1. The van der Waals surface area contributed by atoms with Gasteiger partial charge in [0.15, 0.2) is 0 Å². The number of hydrogen-bond acceptors (Lipinski definition) is 4. The van der Waals surface area contributed by atoms with Crippen molar-refractivity contribution in [2.45, 2.75) is 57.4 Å². The summed E-state index contributed by atoms with van der Waals surface area (Å²) in [6.07, 6.45) is 8.03. The third-order valence-corrected chi connectivity index (χ3v) is 6.57. The van der Waals surface area contributed by atoms with Gasteiger partial charge in [0.05, 0.1) is 11.4 Å². The maximum atomic E-state index is 12.9. The van der Waals surface area contributed by atoms with E-state index in [1.54, 1.807) is 0 Å². The van der Waals surface area contributed by atoms with Crippen LogP contribution in [0.4, 0.5) is 11.4 Å². The number of nitrogens with zero attached hydrogens (tertiary/aromatic N) is 3. The van der Waals surface area contributed by atoms with Crippen LogP contribution in [0.3, 0.4) is 0 Å². The van der Waals surface area contributed by atoms with E-state index in [1.807, 2.05) is 23.1 Å². The van der Waals surface area contributed by atoms with Crippen LogP contribution in [-0.4, -0.2) is 62.0 Å². The highest BCUT2D eigenvalue weighted by Crippen LogP contribution is 2.39. The summed E-state index contributed by atoms with van der Waals surface area (Å²) in [6, 6.07) is 8.59. The number of para-hydroxylation sites is 2. The quantitative estimate of drug-likeness (QED) is 0.801. The Morgan fingerprint density at radius 1 is 0.931 bits per heavy atom. The Morgan fingerprint density at radius 2 is 1.69 bits per heavy atom. The lowest BCUT2D eigenvalue weighted by Crippen LogP contribution is -2.48. The van der Waals surface area contributed by atoms with E-state index in [-0.39, 0.29) is 24.7 Å². The van der Waals surface area contributed by atoms with Crippen LogP contribution in [0.15, 0.2) is 24.3 Å². The van der Waals surface area contributed by atoms with Crippen LogP contribution < -0.4 is 15.1 Å². The number of likely N-dealkylation sites (tertiary alicyclic amines) is 1. The summed E-state index contributed by atoms with van der Waals surface area (Å²) >= 11 is 0. The molecule has 6 nitrogen and oxygen atoms in total. The maximum Gasteiger partial charge on any atom is 0.227 e. The molecule has 1 N–H and O–H groups in total. The number of hydrogen-bond donors (Lipinski definition) is 1. The van der Waals surface area contributed by atoms with Gasteiger partial charge in [-0.15, -0.1) is 0 Å². The van der Waals surface area contributed by atoms with Crippen molar-refractivity contribution >= 4 is 23.2 Å². The predicted molar refractivity (Wildman–Crippen MR) is 116 cm³/mol. The molecule has 4 rings (SSSR count). The monoisotopic (exact) mass is 398 g/mol. The Morgan fingerprint density at radius 3 is 2.48 bits per heavy atom. The lowest BCUT2D eigenvalue weighted by Gasteiger charge is -2.40. The van der Waals surface area contributed by atoms with E-state index in [0.717, 1.165) is 50.5 Å². The van der Waals surface area contributed by atoms with Gasteiger partial charge in [0.25, 0.3) is 0 Å². The van der Waals surface area contributed by atoms with Crippen LogP contribution in [0.25, 0.3) is 0 Å². The molecule has 158 valence electrons. The summed E-state index contributed by atoms with van der Waals surface area (Å²) in [6.45, 7) is 5.69. The van der Waals surface area contributed by atoms with Crippen molar-refractivity contribution in [2.24, 2.45) is 0 Å². The molecule has 3 aliphatic heterocycles. The highest BCUT2D eigenvalue weighted by atomic mass is 16.2. The van der Waals surface area contributed by atoms with Crippen molar-refractivity contribution in [2.75, 3.05) is 49.1 Å². The largest absolute Gasteiger partial charge is 0.365 e. The molecular formula is C23H34N4O2. The zero-order chi connectivity index (χ0) is 20.1. The molecule has 3 heterocycles. The van der Waals surface area contributed by atoms with E-state index >= 15 is 0 Å². The Labute approximate surface area is 174 Å². The minimum atomic E-state index is -0.0130. The minimum absolute atomic E-state index is 0.0130. The molecule has 3 aliphatic rings. The molecular weight excluding hydrogens is 364 g/mol. The molecule has 2 fully saturated rings. The van der Waals surface area contributed by atoms with Crippen LogP contribution in [0, 0.1) is 0 Å². The summed E-state index contributed by atoms with van der Waals surface area (Å²) in [5, 5.41) is 3.01. The average molecular weight is 399 g/mol. The zero-order valence-corrected chi connectivity index (χ0v) is 17.4. The first-order chi connectivity index (χ1) is 14.2. The molecule has 0 aromatic heterocycles. The van der Waals surface area contributed by atoms with Crippen molar-refractivity contribution < 1.29 is 9.59 Å². The minimum Gasteiger partial charge on any atom is -0.365 e. The third kappa shape index (κ3) is 4.92. The van der Waals surface area contributed by atoms with Gasteiger partial charge < -0.3 is 20.0 Å². The molecule has 6 heteroatoms. The van der Waals surface area contributed by atoms with Crippen LogP contribution in [0.2, 0.25) is 0 Å². The molecule has 2 saturated heterocycles. The number of carbonyl (C=O) groups excluding carboxylic acids is 2. The highest BCUT2D eigenvalue weighted by molar-refractivity contribution is 5.99. The van der Waals surface area contributed by atoms with Crippen LogP contribution in [-0.2, 0) is 9.59 Å². The molecule has 0 unspecified atom stereocenters. The van der Waals surface area contributed by atoms with Gasteiger partial charge >= 0.3 is 0 Å². The molecule has 1 aromatic rings. The summed E-state index contributed by atoms with van der Waals surface area (Å²) in [5.41, 5.74) is 2.16. The standard InChI is InChI=1S/C23H34N4O2/c28-22(24-13-17-25-14-5-1-2-6-15-25)11-12-23(29)27-18-19-8-7-16-26(19)20-9-3-4-10-21(20)27/h3-4,9-10,19H,1-2,5-8,11-18H2,(H,24,28)/t19-/m1/s1. The van der Waals surface area contributed by atoms with E-state index in [4.69, 9.17) is 0 Å². The Bertz CT molecular complexity index is 715. The van der Waals surface area contributed by atoms with Crippen LogP contribution in [0.5, 0.6) is 0 Å². The molecule has 0 saturated carbocycles. The molecule has 0 radical (unpaired) electrons. The van der Waals surface area contributed by atoms with Crippen molar-refractivity contribution in [3.8, 4) is 0 Å². The zero-order valence-electron chi connectivity index (χ0n) is 17.4. The summed E-state index contributed by atoms with van der Waals surface area (Å²) < 4.78 is 0. The van der Waals surface area contributed by atoms with Gasteiger partial charge in [-0.2, -0.15) is 0 Å². The lowest BCUT2D eigenvalue weighted by atomic mass is 10.1. The Balaban J connectivity index is 1.25. The molecule has 0 bridgehead atoms. The summed E-state index contributed by atoms with van der Waals surface area (Å²) in [7, 11) is 0. The van der Waals surface area contributed by atoms with Crippen molar-refractivity contribution in [3.63, 3.8) is 0 Å². The van der Waals surface area contributed by atoms with Gasteiger partial charge in [-0.1, -0.05) is 25.0 Å². The van der Waals surface area contributed by atoms with Crippen LogP contribution >= 0.6 is 0 Å². The number of anilines is 2. The summed E-state index contributed by atoms with van der Waals surface area (Å²) in [4.78, 5) is 32.0. The first-order valence-electron chi connectivity index (χ1n) is 11.4. The van der Waals surface area contributed by atoms with Crippen molar-refractivity contribution in [1.82, 2.24) is 10.2 Å². The van der Waals surface area contributed by atoms with Gasteiger partial charge in [0.2, 0.25) is 11.8 Å². The van der Waals surface area contributed by atoms with E-state index in [1.165, 1.54) is 32.1 Å². The fourth-order valence-electron chi connectivity index (χ4n) is 4.98. The second-order valence-electron chi connectivity index (χ2n) is 8.59. The number of carbonyl (C=O) groups is 2. The molecule has 0 aliphatic carbocycles. The van der Waals surface area contributed by atoms with E-state index < -0.39 is 0 Å². The molecule has 2 amide bonds. The van der Waals surface area contributed by atoms with Crippen LogP contribution in [0.1, 0.15) is 51.4 Å². The normalized spacial score (nSPS) is 22.0. The van der Waals surface area contributed by atoms with Gasteiger partial charge in [-0.05, 0) is 50.9 Å². The number of amides is 2. The second kappa shape index (κ2) is 9.61. The van der Waals surface area contributed by atoms with Crippen molar-refractivity contribution in [1.29, 1.82) is 0 Å². The number of nitrogens with one attached hydrogen (secondary N) is 1. The Hall–Kier alpha value is -2.08. The van der Waals surface area contributed by atoms with Gasteiger partial charge in [0, 0.05) is 45.1 Å². The van der Waals surface area contributed by atoms with Gasteiger partial charge in [0.1, 0.15) is 0 Å². The fraction of sp³-hybridized carbons (Fsp3) is 0.652. The second-order valence-corrected chi connectivity index (χ2v) is 8.59. The van der Waals surface area contributed by atoms with E-state index in [9.17, 15) is 9.59 Å². The first kappa shape index (κ1) is 20.2. The van der Waals surface area contributed by atoms with E-state index in [2.05, 4.69) is 21.2 Å². The molecule has 1 aromatic carbocycles. The Kier molecular flexibility index (Phi) is 6.70. The number of fused-ring (bicyclic) bond motifs is 3. The summed E-state index contributed by atoms with van der Waals surface area (Å²) in [5.74, 6) is 0.0487. The topological polar surface area (TPSA) is 55.9 Å². The molecule has 0 spiro atoms. The maximum absolute atomic E-state index is 12.9. The lowest BCUT2D eigenvalue weighted by molar-refractivity contribution is -0.125. The molecule has 29 heavy (non-hydrogen) atoms. The number of rotatable bonds is 6. The van der Waals surface area contributed by atoms with E-state index in [0.29, 0.717) is 12.6 Å². The predicted octanol–water partition coefficient (Wildman–Crippen LogP) is 2.77. The van der Waals surface area contributed by atoms with Crippen molar-refractivity contribution in [3.05, 3.63) is 24.3 Å². The molecule has 1 atom stereocenters. The number of benzene rings is 1. The first-order valence-corrected chi connectivity index (χ1v) is 11.4. The third-order valence-electron chi connectivity index (χ3n) is 6.57. The fourth-order valence-corrected chi connectivity index (χ4v) is 4.98. The highest BCUT2D eigenvalue weighted by Gasteiger charge is 2.35. The van der Waals surface area contributed by atoms with Gasteiger partial charge in [-0.25, -0.2) is 0 Å². The van der Waals surface area contributed by atoms with Gasteiger partial charge in [-0.3, -0.25) is 9.59 Å². The average Bonchev–Trinajstić information content (AvgIpc) is 3.07. The smallest absolute Gasteiger partial charge is 0.227 e.